The summed E-state index contributed by atoms with van der Waals surface area (Å²) in [5, 5.41) is 17.2. The summed E-state index contributed by atoms with van der Waals surface area (Å²) in [6, 6.07) is 14.2. The fraction of sp³-hybridized carbons (Fsp3) is 0.350. The molecule has 146 valence electrons. The molecule has 1 fully saturated rings. The number of carbonyl (C=O) groups is 1. The lowest BCUT2D eigenvalue weighted by atomic mass is 10.1. The highest BCUT2D eigenvalue weighted by Gasteiger charge is 2.09. The normalized spacial score (nSPS) is 15.6. The summed E-state index contributed by atoms with van der Waals surface area (Å²) in [5.41, 5.74) is 1.77. The maximum absolute atomic E-state index is 10.5. The second-order valence-electron chi connectivity index (χ2n) is 6.42. The molecule has 0 spiro atoms. The van der Waals surface area contributed by atoms with E-state index in [-0.39, 0.29) is 5.69 Å². The van der Waals surface area contributed by atoms with Crippen molar-refractivity contribution in [2.24, 2.45) is 0 Å². The Morgan fingerprint density at radius 3 is 2.22 bits per heavy atom. The quantitative estimate of drug-likeness (QED) is 0.444. The lowest BCUT2D eigenvalue weighted by Gasteiger charge is -2.25. The van der Waals surface area contributed by atoms with Gasteiger partial charge in [-0.05, 0) is 68.7 Å². The van der Waals surface area contributed by atoms with Gasteiger partial charge in [0.15, 0.2) is 5.69 Å². The summed E-state index contributed by atoms with van der Waals surface area (Å²) < 4.78 is 0. The topological polar surface area (TPSA) is 68.0 Å². The summed E-state index contributed by atoms with van der Waals surface area (Å²) in [5.74, 6) is 1.16. The molecule has 1 heterocycles. The van der Waals surface area contributed by atoms with Crippen molar-refractivity contribution in [1.82, 2.24) is 4.90 Å². The molecule has 7 heteroatoms. The predicted octanol–water partition coefficient (Wildman–Crippen LogP) is 4.00. The Bertz CT molecular complexity index is 702. The van der Waals surface area contributed by atoms with Crippen molar-refractivity contribution in [3.05, 3.63) is 64.9 Å². The Morgan fingerprint density at radius 2 is 1.70 bits per heavy atom. The van der Waals surface area contributed by atoms with E-state index in [1.54, 1.807) is 0 Å². The maximum Gasteiger partial charge on any atom is 0.252 e. The highest BCUT2D eigenvalue weighted by atomic mass is 35.5. The Kier molecular flexibility index (Phi) is 9.27. The van der Waals surface area contributed by atoms with Gasteiger partial charge in [-0.15, -0.1) is 11.8 Å². The van der Waals surface area contributed by atoms with Crippen molar-refractivity contribution < 1.29 is 15.2 Å². The number of likely N-dealkylation sites (tertiary alicyclic amines) is 1. The van der Waals surface area contributed by atoms with Crippen LogP contribution in [0.3, 0.4) is 0 Å². The third-order valence-electron chi connectivity index (χ3n) is 4.24. The number of halogens is 1. The van der Waals surface area contributed by atoms with E-state index >= 15 is 0 Å². The Morgan fingerprint density at radius 1 is 1.11 bits per heavy atom. The highest BCUT2D eigenvalue weighted by molar-refractivity contribution is 7.99. The molecule has 0 amide bonds. The number of carbonyl (C=O) groups excluding carboxylic acids is 1. The molecule has 3 rings (SSSR count). The van der Waals surface area contributed by atoms with Gasteiger partial charge in [-0.2, -0.15) is 5.23 Å². The number of nitrogens with zero attached hydrogens (tertiary/aromatic N) is 1. The van der Waals surface area contributed by atoms with Crippen molar-refractivity contribution in [3.8, 4) is 0 Å². The molecule has 1 aliphatic heterocycles. The summed E-state index contributed by atoms with van der Waals surface area (Å²) in [4.78, 5) is 14.5. The Balaban J connectivity index is 0.000000199. The van der Waals surface area contributed by atoms with E-state index in [0.717, 1.165) is 5.88 Å². The minimum atomic E-state index is -1.02. The lowest BCUT2D eigenvalue weighted by molar-refractivity contribution is -0.991. The summed E-state index contributed by atoms with van der Waals surface area (Å²) in [7, 11) is 0. The number of nitrogens with one attached hydrogen (secondary N) is 1. The third kappa shape index (κ3) is 8.01. The molecule has 1 atom stereocenters. The van der Waals surface area contributed by atoms with Gasteiger partial charge in [0.25, 0.3) is 5.24 Å². The van der Waals surface area contributed by atoms with Crippen molar-refractivity contribution in [2.45, 2.75) is 31.1 Å². The number of rotatable bonds is 5. The predicted molar refractivity (Wildman–Crippen MR) is 110 cm³/mol. The number of quaternary nitrogens is 1. The first kappa shape index (κ1) is 21.9. The van der Waals surface area contributed by atoms with Gasteiger partial charge in [0.05, 0.1) is 0 Å². The maximum atomic E-state index is 10.5. The zero-order valence-corrected chi connectivity index (χ0v) is 16.9. The summed E-state index contributed by atoms with van der Waals surface area (Å²) in [6.45, 7) is 4.72. The molecule has 2 aromatic rings. The first-order valence-corrected chi connectivity index (χ1v) is 10.3. The van der Waals surface area contributed by atoms with Crippen LogP contribution in [0.1, 0.15) is 35.2 Å². The number of hydrogen-bond acceptors (Lipinski definition) is 5. The van der Waals surface area contributed by atoms with E-state index in [4.69, 9.17) is 16.8 Å². The number of thioether (sulfide) groups is 1. The van der Waals surface area contributed by atoms with Crippen molar-refractivity contribution in [1.29, 1.82) is 0 Å². The van der Waals surface area contributed by atoms with E-state index in [1.807, 2.05) is 11.8 Å². The Labute approximate surface area is 169 Å². The largest absolute Gasteiger partial charge is 0.595 e. The van der Waals surface area contributed by atoms with Gasteiger partial charge in [0.1, 0.15) is 0 Å². The number of aryl methyl sites for hydroxylation is 1. The van der Waals surface area contributed by atoms with Crippen molar-refractivity contribution in [3.63, 3.8) is 0 Å². The van der Waals surface area contributed by atoms with Crippen LogP contribution in [0.25, 0.3) is 0 Å². The molecule has 27 heavy (non-hydrogen) atoms. The van der Waals surface area contributed by atoms with Gasteiger partial charge in [0, 0.05) is 28.5 Å². The molecule has 1 aliphatic rings. The van der Waals surface area contributed by atoms with Crippen molar-refractivity contribution in [2.75, 3.05) is 19.0 Å². The first-order valence-electron chi connectivity index (χ1n) is 8.91. The van der Waals surface area contributed by atoms with Gasteiger partial charge < -0.3 is 5.21 Å². The van der Waals surface area contributed by atoms with Crippen LogP contribution in [0.2, 0.25) is 0 Å². The molecule has 0 aliphatic carbocycles. The van der Waals surface area contributed by atoms with Gasteiger partial charge in [-0.25, -0.2) is 5.21 Å². The van der Waals surface area contributed by atoms with Crippen LogP contribution >= 0.6 is 23.4 Å². The third-order valence-corrected chi connectivity index (χ3v) is 5.56. The van der Waals surface area contributed by atoms with E-state index < -0.39 is 10.5 Å². The van der Waals surface area contributed by atoms with Gasteiger partial charge in [-0.1, -0.05) is 24.1 Å². The monoisotopic (exact) mass is 408 g/mol. The second kappa shape index (κ2) is 11.4. The zero-order chi connectivity index (χ0) is 19.6. The number of benzene rings is 2. The molecule has 5 nitrogen and oxygen atoms in total. The molecule has 1 saturated heterocycles. The van der Waals surface area contributed by atoms with Crippen LogP contribution in [0, 0.1) is 12.1 Å². The van der Waals surface area contributed by atoms with E-state index in [2.05, 4.69) is 36.1 Å². The van der Waals surface area contributed by atoms with Crippen LogP contribution in [0.15, 0.2) is 53.4 Å². The average Bonchev–Trinajstić information content (AvgIpc) is 2.69. The molecule has 0 aromatic heterocycles. The smallest absolute Gasteiger partial charge is 0.252 e. The minimum absolute atomic E-state index is 0.136. The SMILES string of the molecule is Cc1ccc(SCN2CCCCC2)cc1.O=C(Cl)c1ccc([NH+]([O-])O)cc1. The van der Waals surface area contributed by atoms with E-state index in [9.17, 15) is 10.0 Å². The first-order chi connectivity index (χ1) is 13.0. The molecule has 0 bridgehead atoms. The lowest BCUT2D eigenvalue weighted by Crippen LogP contribution is -2.99. The molecule has 0 radical (unpaired) electrons. The van der Waals surface area contributed by atoms with Crippen LogP contribution < -0.4 is 5.23 Å². The van der Waals surface area contributed by atoms with Crippen LogP contribution in [0.4, 0.5) is 5.69 Å². The standard InChI is InChI=1S/C13H19NS.C7H6ClNO3/c1-12-5-7-13(8-6-12)15-11-14-9-3-2-4-10-14;8-7(10)5-1-3-6(4-2-5)9(11)12/h5-8H,2-4,9-11H2,1H3;1-4,9,11H. The number of piperidine rings is 1. The minimum Gasteiger partial charge on any atom is -0.595 e. The number of hydrogen-bond donors (Lipinski definition) is 2. The highest BCUT2D eigenvalue weighted by Crippen LogP contribution is 2.21. The van der Waals surface area contributed by atoms with Crippen molar-refractivity contribution >= 4 is 34.3 Å². The fourth-order valence-corrected chi connectivity index (χ4v) is 3.68. The fourth-order valence-electron chi connectivity index (χ4n) is 2.63. The molecule has 2 aromatic carbocycles. The van der Waals surface area contributed by atoms with Crippen LogP contribution in [0.5, 0.6) is 0 Å². The molecule has 2 N–H and O–H groups in total. The zero-order valence-electron chi connectivity index (χ0n) is 15.4. The molecule has 1 unspecified atom stereocenters. The van der Waals surface area contributed by atoms with Gasteiger partial charge >= 0.3 is 0 Å². The van der Waals surface area contributed by atoms with Gasteiger partial charge in [0.2, 0.25) is 0 Å². The van der Waals surface area contributed by atoms with Gasteiger partial charge in [-0.3, -0.25) is 9.69 Å². The van der Waals surface area contributed by atoms with E-state index in [1.165, 1.54) is 67.1 Å². The molecule has 0 saturated carbocycles. The second-order valence-corrected chi connectivity index (χ2v) is 7.78. The summed E-state index contributed by atoms with van der Waals surface area (Å²) >= 11 is 7.11. The average molecular weight is 409 g/mol. The molecular weight excluding hydrogens is 384 g/mol. The van der Waals surface area contributed by atoms with Crippen LogP contribution in [-0.2, 0) is 0 Å². The Hall–Kier alpha value is -1.41. The summed E-state index contributed by atoms with van der Waals surface area (Å²) in [6.07, 6.45) is 4.19. The molecular formula is C20H25ClN2O3S. The van der Waals surface area contributed by atoms with Crippen LogP contribution in [-0.4, -0.2) is 34.3 Å². The van der Waals surface area contributed by atoms with E-state index in [0.29, 0.717) is 5.56 Å².